The molecule has 0 unspecified atom stereocenters. The van der Waals surface area contributed by atoms with Gasteiger partial charge in [0.1, 0.15) is 11.8 Å². The van der Waals surface area contributed by atoms with E-state index >= 15 is 0 Å². The van der Waals surface area contributed by atoms with Crippen LogP contribution in [0.4, 0.5) is 5.69 Å². The van der Waals surface area contributed by atoms with Gasteiger partial charge in [0.2, 0.25) is 0 Å². The van der Waals surface area contributed by atoms with Gasteiger partial charge in [-0.1, -0.05) is 54.1 Å². The largest absolute Gasteiger partial charge is 0.495 e. The number of piperazine rings is 1. The number of benzene rings is 3. The molecule has 0 amide bonds. The van der Waals surface area contributed by atoms with Crippen molar-refractivity contribution in [2.75, 3.05) is 38.2 Å². The molecule has 3 heterocycles. The Morgan fingerprint density at radius 1 is 0.951 bits per heavy atom. The van der Waals surface area contributed by atoms with Crippen molar-refractivity contribution in [3.05, 3.63) is 111 Å². The Morgan fingerprint density at radius 2 is 1.71 bits per heavy atom. The van der Waals surface area contributed by atoms with Gasteiger partial charge >= 0.3 is 0 Å². The fraction of sp³-hybridized carbons (Fsp3) is 0.312. The zero-order valence-electron chi connectivity index (χ0n) is 23.7. The maximum absolute atomic E-state index is 13.7. The number of fused-ring (bicyclic) bond motifs is 1. The summed E-state index contributed by atoms with van der Waals surface area (Å²) in [7, 11) is 1.70. The molecule has 0 spiro atoms. The van der Waals surface area contributed by atoms with Gasteiger partial charge < -0.3 is 14.6 Å². The molecule has 1 saturated heterocycles. The van der Waals surface area contributed by atoms with Gasteiger partial charge in [-0.05, 0) is 71.5 Å². The predicted octanol–water partition coefficient (Wildman–Crippen LogP) is 4.29. The molecule has 9 nitrogen and oxygen atoms in total. The third kappa shape index (κ3) is 5.45. The van der Waals surface area contributed by atoms with Crippen molar-refractivity contribution in [1.29, 1.82) is 0 Å². The number of H-pyrrole nitrogens is 1. The van der Waals surface area contributed by atoms with Gasteiger partial charge in [0, 0.05) is 38.3 Å². The maximum atomic E-state index is 13.7. The summed E-state index contributed by atoms with van der Waals surface area (Å²) in [5.41, 5.74) is 5.91. The number of para-hydroxylation sites is 2. The Labute approximate surface area is 239 Å². The SMILES string of the molecule is COc1ccccc1N1CCN([C@@H](c2cc3cc(C)cc(C)c3[nH]c2=O)c2nnnn2CCc2ccccc2)CC1. The number of nitrogens with zero attached hydrogens (tertiary/aromatic N) is 6. The van der Waals surface area contributed by atoms with Gasteiger partial charge in [-0.25, -0.2) is 4.68 Å². The van der Waals surface area contributed by atoms with E-state index in [1.807, 2.05) is 54.1 Å². The van der Waals surface area contributed by atoms with E-state index in [1.165, 1.54) is 5.56 Å². The van der Waals surface area contributed by atoms with Gasteiger partial charge in [-0.3, -0.25) is 9.69 Å². The lowest BCUT2D eigenvalue weighted by molar-refractivity contribution is 0.199. The molecule has 0 bridgehead atoms. The molecule has 0 aliphatic carbocycles. The molecule has 1 atom stereocenters. The van der Waals surface area contributed by atoms with Crippen LogP contribution in [-0.4, -0.2) is 63.4 Å². The molecule has 1 fully saturated rings. The topological polar surface area (TPSA) is 92.2 Å². The highest BCUT2D eigenvalue weighted by atomic mass is 16.5. The number of aryl methyl sites for hydroxylation is 4. The number of hydrogen-bond donors (Lipinski definition) is 1. The molecule has 1 N–H and O–H groups in total. The van der Waals surface area contributed by atoms with Gasteiger partial charge in [-0.2, -0.15) is 0 Å². The monoisotopic (exact) mass is 549 g/mol. The number of rotatable bonds is 8. The van der Waals surface area contributed by atoms with Crippen LogP contribution in [0.25, 0.3) is 10.9 Å². The highest BCUT2D eigenvalue weighted by Crippen LogP contribution is 2.32. The minimum atomic E-state index is -0.394. The maximum Gasteiger partial charge on any atom is 0.253 e. The minimum Gasteiger partial charge on any atom is -0.495 e. The third-order valence-electron chi connectivity index (χ3n) is 7.98. The van der Waals surface area contributed by atoms with Crippen molar-refractivity contribution in [3.63, 3.8) is 0 Å². The van der Waals surface area contributed by atoms with Crippen molar-refractivity contribution in [1.82, 2.24) is 30.1 Å². The van der Waals surface area contributed by atoms with E-state index in [4.69, 9.17) is 4.74 Å². The first kappa shape index (κ1) is 26.7. The van der Waals surface area contributed by atoms with E-state index in [1.54, 1.807) is 7.11 Å². The summed E-state index contributed by atoms with van der Waals surface area (Å²) in [6.07, 6.45) is 0.791. The summed E-state index contributed by atoms with van der Waals surface area (Å²) in [6.45, 7) is 7.77. The summed E-state index contributed by atoms with van der Waals surface area (Å²) >= 11 is 0. The van der Waals surface area contributed by atoms with Gasteiger partial charge in [0.05, 0.1) is 18.3 Å². The average molecular weight is 550 g/mol. The van der Waals surface area contributed by atoms with Crippen LogP contribution in [0.15, 0.2) is 77.6 Å². The fourth-order valence-electron chi connectivity index (χ4n) is 5.96. The lowest BCUT2D eigenvalue weighted by atomic mass is 10.00. The van der Waals surface area contributed by atoms with E-state index in [0.29, 0.717) is 17.9 Å². The Kier molecular flexibility index (Phi) is 7.52. The third-order valence-corrected chi connectivity index (χ3v) is 7.98. The second kappa shape index (κ2) is 11.5. The molecule has 0 saturated carbocycles. The highest BCUT2D eigenvalue weighted by molar-refractivity contribution is 5.83. The van der Waals surface area contributed by atoms with Crippen molar-refractivity contribution in [2.24, 2.45) is 0 Å². The number of aromatic amines is 1. The van der Waals surface area contributed by atoms with Crippen molar-refractivity contribution in [2.45, 2.75) is 32.9 Å². The van der Waals surface area contributed by atoms with E-state index in [9.17, 15) is 4.79 Å². The van der Waals surface area contributed by atoms with Crippen LogP contribution >= 0.6 is 0 Å². The van der Waals surface area contributed by atoms with E-state index in [2.05, 4.69) is 67.6 Å². The summed E-state index contributed by atoms with van der Waals surface area (Å²) in [5.74, 6) is 1.54. The summed E-state index contributed by atoms with van der Waals surface area (Å²) in [5, 5.41) is 14.0. The van der Waals surface area contributed by atoms with E-state index in [-0.39, 0.29) is 5.56 Å². The summed E-state index contributed by atoms with van der Waals surface area (Å²) in [6, 6.07) is 24.3. The molecule has 41 heavy (non-hydrogen) atoms. The zero-order valence-corrected chi connectivity index (χ0v) is 23.7. The number of aromatic nitrogens is 5. The normalized spacial score (nSPS) is 14.9. The molecule has 1 aliphatic heterocycles. The zero-order chi connectivity index (χ0) is 28.3. The number of pyridine rings is 1. The minimum absolute atomic E-state index is 0.112. The lowest BCUT2D eigenvalue weighted by Gasteiger charge is -2.40. The summed E-state index contributed by atoms with van der Waals surface area (Å²) < 4.78 is 7.48. The smallest absolute Gasteiger partial charge is 0.253 e. The van der Waals surface area contributed by atoms with Gasteiger partial charge in [-0.15, -0.1) is 5.10 Å². The molecule has 5 aromatic rings. The quantitative estimate of drug-likeness (QED) is 0.309. The van der Waals surface area contributed by atoms with E-state index in [0.717, 1.165) is 66.1 Å². The molecule has 9 heteroatoms. The van der Waals surface area contributed by atoms with Crippen molar-refractivity contribution < 1.29 is 4.74 Å². The van der Waals surface area contributed by atoms with Crippen LogP contribution in [0.2, 0.25) is 0 Å². The van der Waals surface area contributed by atoms with Gasteiger partial charge in [0.15, 0.2) is 5.82 Å². The average Bonchev–Trinajstić information content (AvgIpc) is 3.46. The molecule has 0 radical (unpaired) electrons. The van der Waals surface area contributed by atoms with E-state index < -0.39 is 6.04 Å². The van der Waals surface area contributed by atoms with Gasteiger partial charge in [0.25, 0.3) is 5.56 Å². The van der Waals surface area contributed by atoms with Crippen molar-refractivity contribution in [3.8, 4) is 5.75 Å². The number of methoxy groups -OCH3 is 1. The molecule has 6 rings (SSSR count). The Hall–Kier alpha value is -4.50. The van der Waals surface area contributed by atoms with Crippen LogP contribution in [-0.2, 0) is 13.0 Å². The molecular formula is C32H35N7O2. The molecule has 3 aromatic carbocycles. The Balaban J connectivity index is 1.37. The lowest BCUT2D eigenvalue weighted by Crippen LogP contribution is -2.49. The first-order valence-electron chi connectivity index (χ1n) is 14.1. The Morgan fingerprint density at radius 3 is 2.49 bits per heavy atom. The first-order valence-corrected chi connectivity index (χ1v) is 14.1. The second-order valence-electron chi connectivity index (χ2n) is 10.7. The number of ether oxygens (including phenoxy) is 1. The van der Waals surface area contributed by atoms with Crippen LogP contribution in [0.3, 0.4) is 0 Å². The molecule has 210 valence electrons. The number of hydrogen-bond acceptors (Lipinski definition) is 7. The van der Waals surface area contributed by atoms with Crippen molar-refractivity contribution >= 4 is 16.6 Å². The van der Waals surface area contributed by atoms with Crippen LogP contribution < -0.4 is 15.2 Å². The fourth-order valence-corrected chi connectivity index (χ4v) is 5.96. The molecule has 2 aromatic heterocycles. The summed E-state index contributed by atoms with van der Waals surface area (Å²) in [4.78, 5) is 21.6. The highest BCUT2D eigenvalue weighted by Gasteiger charge is 2.33. The Bertz CT molecular complexity index is 1700. The predicted molar refractivity (Wildman–Crippen MR) is 161 cm³/mol. The number of anilines is 1. The standard InChI is InChI=1S/C32H35N7O2/c1-22-19-23(2)29-25(20-22)21-26(32(40)33-29)30(31-34-35-36-39(31)14-13-24-9-5-4-6-10-24)38-17-15-37(16-18-38)27-11-7-8-12-28(27)41-3/h4-12,19-21,30H,13-18H2,1-3H3,(H,33,40)/t30-/m0/s1. The molecule has 1 aliphatic rings. The first-order chi connectivity index (χ1) is 20.0. The van der Waals surface area contributed by atoms with Crippen LogP contribution in [0.5, 0.6) is 5.75 Å². The number of nitrogens with one attached hydrogen (secondary N) is 1. The molecular weight excluding hydrogens is 514 g/mol. The van der Waals surface area contributed by atoms with Crippen LogP contribution in [0.1, 0.15) is 34.1 Å². The second-order valence-corrected chi connectivity index (χ2v) is 10.7. The van der Waals surface area contributed by atoms with Crippen LogP contribution in [0, 0.1) is 13.8 Å². The number of tetrazole rings is 1.